The second kappa shape index (κ2) is 10.6. The molecule has 0 aliphatic carbocycles. The molecule has 0 spiro atoms. The first kappa shape index (κ1) is 23.7. The highest BCUT2D eigenvalue weighted by Gasteiger charge is 2.30. The van der Waals surface area contributed by atoms with Crippen LogP contribution < -0.4 is 0 Å². The van der Waals surface area contributed by atoms with E-state index >= 15 is 0 Å². The fraction of sp³-hybridized carbons (Fsp3) is 0.360. The van der Waals surface area contributed by atoms with E-state index in [1.165, 1.54) is 16.2 Å². The topological polar surface area (TPSA) is 93.0 Å². The number of carbonyl (C=O) groups is 3. The summed E-state index contributed by atoms with van der Waals surface area (Å²) in [5.41, 5.74) is 1.39. The van der Waals surface area contributed by atoms with Gasteiger partial charge < -0.3 is 19.0 Å². The van der Waals surface area contributed by atoms with Gasteiger partial charge in [0.1, 0.15) is 4.88 Å². The molecule has 0 atom stereocenters. The lowest BCUT2D eigenvalue weighted by Gasteiger charge is -2.32. The number of likely N-dealkylation sites (N-methyl/N-ethyl adjacent to an activating group) is 1. The SMILES string of the molecule is CCOC(=O)C1CCN(C(=O)CN(C)C(=O)c2sc(-c3ccco3)nc2-c2ccccc2)CC1. The molecule has 4 rings (SSSR count). The predicted molar refractivity (Wildman–Crippen MR) is 128 cm³/mol. The number of hydrogen-bond acceptors (Lipinski definition) is 7. The quantitative estimate of drug-likeness (QED) is 0.475. The van der Waals surface area contributed by atoms with E-state index in [1.54, 1.807) is 37.3 Å². The van der Waals surface area contributed by atoms with E-state index in [0.29, 0.717) is 53.9 Å². The van der Waals surface area contributed by atoms with Gasteiger partial charge in [-0.25, -0.2) is 4.98 Å². The number of furan rings is 1. The molecule has 2 amide bonds. The summed E-state index contributed by atoms with van der Waals surface area (Å²) in [5, 5.41) is 0.605. The van der Waals surface area contributed by atoms with Crippen molar-refractivity contribution in [3.63, 3.8) is 0 Å². The first-order valence-corrected chi connectivity index (χ1v) is 12.1. The molecule has 0 N–H and O–H groups in total. The molecule has 0 radical (unpaired) electrons. The van der Waals surface area contributed by atoms with Crippen molar-refractivity contribution in [3.05, 3.63) is 53.6 Å². The molecule has 1 aromatic carbocycles. The van der Waals surface area contributed by atoms with Crippen LogP contribution in [0.4, 0.5) is 0 Å². The van der Waals surface area contributed by atoms with Crippen LogP contribution in [0.2, 0.25) is 0 Å². The molecule has 8 nitrogen and oxygen atoms in total. The van der Waals surface area contributed by atoms with E-state index in [-0.39, 0.29) is 30.2 Å². The summed E-state index contributed by atoms with van der Waals surface area (Å²) >= 11 is 1.25. The fourth-order valence-electron chi connectivity index (χ4n) is 3.94. The van der Waals surface area contributed by atoms with Gasteiger partial charge in [-0.2, -0.15) is 0 Å². The molecule has 1 aliphatic rings. The summed E-state index contributed by atoms with van der Waals surface area (Å²) in [6, 6.07) is 13.1. The summed E-state index contributed by atoms with van der Waals surface area (Å²) in [6.45, 7) is 3.04. The zero-order chi connectivity index (χ0) is 24.1. The highest BCUT2D eigenvalue weighted by molar-refractivity contribution is 7.17. The molecular weight excluding hydrogens is 454 g/mol. The molecule has 178 valence electrons. The number of benzene rings is 1. The van der Waals surface area contributed by atoms with Gasteiger partial charge >= 0.3 is 5.97 Å². The van der Waals surface area contributed by atoms with Crippen molar-refractivity contribution in [1.82, 2.24) is 14.8 Å². The van der Waals surface area contributed by atoms with E-state index in [1.807, 2.05) is 30.3 Å². The lowest BCUT2D eigenvalue weighted by Crippen LogP contribution is -2.45. The van der Waals surface area contributed by atoms with Crippen molar-refractivity contribution < 1.29 is 23.5 Å². The Labute approximate surface area is 202 Å². The van der Waals surface area contributed by atoms with E-state index in [4.69, 9.17) is 9.15 Å². The van der Waals surface area contributed by atoms with Crippen LogP contribution in [0.3, 0.4) is 0 Å². The number of ether oxygens (including phenoxy) is 1. The molecule has 2 aromatic heterocycles. The molecule has 9 heteroatoms. The molecule has 1 aliphatic heterocycles. The number of aromatic nitrogens is 1. The smallest absolute Gasteiger partial charge is 0.309 e. The van der Waals surface area contributed by atoms with Gasteiger partial charge in [-0.1, -0.05) is 30.3 Å². The summed E-state index contributed by atoms with van der Waals surface area (Å²) in [4.78, 5) is 46.5. The molecule has 34 heavy (non-hydrogen) atoms. The third-order valence-electron chi connectivity index (χ3n) is 5.79. The number of amides is 2. The lowest BCUT2D eigenvalue weighted by molar-refractivity contribution is -0.151. The third kappa shape index (κ3) is 5.20. The van der Waals surface area contributed by atoms with Crippen LogP contribution in [-0.2, 0) is 14.3 Å². The summed E-state index contributed by atoms with van der Waals surface area (Å²) < 4.78 is 10.6. The van der Waals surface area contributed by atoms with Gasteiger partial charge in [0.2, 0.25) is 5.91 Å². The van der Waals surface area contributed by atoms with Crippen LogP contribution in [0.15, 0.2) is 53.1 Å². The number of carbonyl (C=O) groups excluding carboxylic acids is 3. The molecule has 1 fully saturated rings. The Bertz CT molecular complexity index is 1130. The molecule has 3 heterocycles. The minimum atomic E-state index is -0.274. The number of piperidine rings is 1. The van der Waals surface area contributed by atoms with Crippen molar-refractivity contribution in [1.29, 1.82) is 0 Å². The van der Waals surface area contributed by atoms with Crippen LogP contribution in [0.25, 0.3) is 22.0 Å². The second-order valence-corrected chi connectivity index (χ2v) is 9.11. The molecule has 0 saturated carbocycles. The first-order chi connectivity index (χ1) is 16.5. The fourth-order valence-corrected chi connectivity index (χ4v) is 4.99. The van der Waals surface area contributed by atoms with E-state index in [2.05, 4.69) is 4.98 Å². The monoisotopic (exact) mass is 481 g/mol. The second-order valence-electron chi connectivity index (χ2n) is 8.11. The summed E-state index contributed by atoms with van der Waals surface area (Å²) in [7, 11) is 1.62. The van der Waals surface area contributed by atoms with E-state index in [0.717, 1.165) is 5.56 Å². The normalized spacial score (nSPS) is 14.1. The van der Waals surface area contributed by atoms with Crippen molar-refractivity contribution in [2.75, 3.05) is 33.3 Å². The van der Waals surface area contributed by atoms with Gasteiger partial charge in [0.15, 0.2) is 10.8 Å². The number of thiazole rings is 1. The van der Waals surface area contributed by atoms with Crippen molar-refractivity contribution >= 4 is 29.1 Å². The Balaban J connectivity index is 1.46. The average molecular weight is 482 g/mol. The highest BCUT2D eigenvalue weighted by atomic mass is 32.1. The largest absolute Gasteiger partial charge is 0.466 e. The van der Waals surface area contributed by atoms with Crippen LogP contribution >= 0.6 is 11.3 Å². The maximum Gasteiger partial charge on any atom is 0.309 e. The maximum atomic E-state index is 13.4. The molecular formula is C25H27N3O5S. The van der Waals surface area contributed by atoms with Crippen LogP contribution in [0, 0.1) is 5.92 Å². The standard InChI is InChI=1S/C25H27N3O5S/c1-3-32-25(31)18-11-13-28(14-12-18)20(29)16-27(2)24(30)22-21(17-8-5-4-6-9-17)26-23(34-22)19-10-7-15-33-19/h4-10,15,18H,3,11-14,16H2,1-2H3. The van der Waals surface area contributed by atoms with Crippen LogP contribution in [-0.4, -0.2) is 65.9 Å². The zero-order valence-corrected chi connectivity index (χ0v) is 20.0. The predicted octanol–water partition coefficient (Wildman–Crippen LogP) is 3.94. The Kier molecular flexibility index (Phi) is 7.42. The number of likely N-dealkylation sites (tertiary alicyclic amines) is 1. The molecule has 0 unspecified atom stereocenters. The summed E-state index contributed by atoms with van der Waals surface area (Å²) in [5.74, 6) is -0.203. The number of hydrogen-bond donors (Lipinski definition) is 0. The van der Waals surface area contributed by atoms with Crippen LogP contribution in [0.1, 0.15) is 29.4 Å². The van der Waals surface area contributed by atoms with Gasteiger partial charge in [0.25, 0.3) is 5.91 Å². The van der Waals surface area contributed by atoms with Crippen LogP contribution in [0.5, 0.6) is 0 Å². The average Bonchev–Trinajstić information content (AvgIpc) is 3.54. The summed E-state index contributed by atoms with van der Waals surface area (Å²) in [6.07, 6.45) is 2.71. The third-order valence-corrected chi connectivity index (χ3v) is 6.85. The number of rotatable bonds is 7. The van der Waals surface area contributed by atoms with Gasteiger partial charge in [-0.05, 0) is 31.9 Å². The van der Waals surface area contributed by atoms with Gasteiger partial charge in [0.05, 0.1) is 31.0 Å². The number of esters is 1. The Morgan fingerprint density at radius 1 is 1.15 bits per heavy atom. The molecule has 1 saturated heterocycles. The van der Waals surface area contributed by atoms with Crippen molar-refractivity contribution in [2.24, 2.45) is 5.92 Å². The molecule has 0 bridgehead atoms. The maximum absolute atomic E-state index is 13.4. The Hall–Kier alpha value is -3.46. The van der Waals surface area contributed by atoms with E-state index < -0.39 is 0 Å². The minimum absolute atomic E-state index is 0.0505. The number of nitrogens with zero attached hydrogens (tertiary/aromatic N) is 3. The minimum Gasteiger partial charge on any atom is -0.466 e. The van der Waals surface area contributed by atoms with Gasteiger partial charge in [0, 0.05) is 25.7 Å². The molecule has 3 aromatic rings. The highest BCUT2D eigenvalue weighted by Crippen LogP contribution is 2.34. The van der Waals surface area contributed by atoms with Crippen molar-refractivity contribution in [3.8, 4) is 22.0 Å². The Morgan fingerprint density at radius 2 is 1.88 bits per heavy atom. The first-order valence-electron chi connectivity index (χ1n) is 11.3. The Morgan fingerprint density at radius 3 is 2.53 bits per heavy atom. The van der Waals surface area contributed by atoms with Gasteiger partial charge in [-0.15, -0.1) is 11.3 Å². The van der Waals surface area contributed by atoms with Gasteiger partial charge in [-0.3, -0.25) is 14.4 Å². The lowest BCUT2D eigenvalue weighted by atomic mass is 9.97. The zero-order valence-electron chi connectivity index (χ0n) is 19.2. The van der Waals surface area contributed by atoms with E-state index in [9.17, 15) is 14.4 Å². The van der Waals surface area contributed by atoms with Crippen molar-refractivity contribution in [2.45, 2.75) is 19.8 Å².